The van der Waals surface area contributed by atoms with Crippen LogP contribution in [0.4, 0.5) is 0 Å². The van der Waals surface area contributed by atoms with E-state index in [4.69, 9.17) is 0 Å². The summed E-state index contributed by atoms with van der Waals surface area (Å²) in [4.78, 5) is 30.1. The number of hydrogen-bond donors (Lipinski definition) is 2. The fourth-order valence-electron chi connectivity index (χ4n) is 3.18. The van der Waals surface area contributed by atoms with Gasteiger partial charge in [-0.3, -0.25) is 9.59 Å². The largest absolute Gasteiger partial charge is 0.393 e. The molecular formula is C14H20N4O3. The predicted octanol–water partition coefficient (Wildman–Crippen LogP) is -0.643. The van der Waals surface area contributed by atoms with Crippen LogP contribution in [-0.2, 0) is 22.7 Å². The lowest BCUT2D eigenvalue weighted by atomic mass is 9.78. The standard InChI is InChI=1S/C14H20N4O3/c1-8(12-11(9(2)19)13(20)16-12)14(21)18-6-5-17-4-3-15-10(17)7-18/h3-4,8-9,11-12,19H,5-7H2,1-2H3,(H,16,20)/t8?,9-,11-,12-/m1/s1. The first-order valence-corrected chi connectivity index (χ1v) is 7.26. The van der Waals surface area contributed by atoms with Crippen LogP contribution in [0.1, 0.15) is 19.7 Å². The van der Waals surface area contributed by atoms with Crippen LogP contribution in [0.2, 0.25) is 0 Å². The minimum absolute atomic E-state index is 0.0000926. The predicted molar refractivity (Wildman–Crippen MR) is 73.9 cm³/mol. The van der Waals surface area contributed by atoms with Gasteiger partial charge in [-0.25, -0.2) is 4.98 Å². The number of rotatable bonds is 3. The maximum Gasteiger partial charge on any atom is 0.228 e. The maximum absolute atomic E-state index is 12.6. The van der Waals surface area contributed by atoms with Gasteiger partial charge in [0.15, 0.2) is 0 Å². The molecule has 2 aliphatic heterocycles. The third-order valence-electron chi connectivity index (χ3n) is 4.50. The lowest BCUT2D eigenvalue weighted by Crippen LogP contribution is -2.66. The van der Waals surface area contributed by atoms with Crippen molar-refractivity contribution in [2.45, 2.75) is 39.1 Å². The number of β-lactam (4-membered cyclic amide) rings is 1. The number of imidazole rings is 1. The zero-order valence-electron chi connectivity index (χ0n) is 12.2. The molecule has 0 spiro atoms. The topological polar surface area (TPSA) is 87.5 Å². The molecule has 0 aromatic carbocycles. The molecule has 1 aromatic heterocycles. The van der Waals surface area contributed by atoms with Crippen LogP contribution < -0.4 is 5.32 Å². The van der Waals surface area contributed by atoms with Crippen LogP contribution in [0.3, 0.4) is 0 Å². The van der Waals surface area contributed by atoms with Crippen molar-refractivity contribution in [2.24, 2.45) is 11.8 Å². The van der Waals surface area contributed by atoms with Crippen molar-refractivity contribution in [3.8, 4) is 0 Å². The zero-order valence-corrected chi connectivity index (χ0v) is 12.2. The van der Waals surface area contributed by atoms with Crippen molar-refractivity contribution in [2.75, 3.05) is 6.54 Å². The van der Waals surface area contributed by atoms with E-state index in [-0.39, 0.29) is 23.8 Å². The Hall–Kier alpha value is -1.89. The monoisotopic (exact) mass is 292 g/mol. The summed E-state index contributed by atoms with van der Waals surface area (Å²) in [6.07, 6.45) is 2.91. The van der Waals surface area contributed by atoms with Gasteiger partial charge in [0.2, 0.25) is 11.8 Å². The maximum atomic E-state index is 12.6. The van der Waals surface area contributed by atoms with Crippen LogP contribution in [0.15, 0.2) is 12.4 Å². The molecule has 1 fully saturated rings. The first-order valence-electron chi connectivity index (χ1n) is 7.26. The summed E-state index contributed by atoms with van der Waals surface area (Å²) in [5.41, 5.74) is 0. The van der Waals surface area contributed by atoms with E-state index in [2.05, 4.69) is 10.3 Å². The van der Waals surface area contributed by atoms with Crippen LogP contribution in [0.5, 0.6) is 0 Å². The van der Waals surface area contributed by atoms with E-state index in [9.17, 15) is 14.7 Å². The second kappa shape index (κ2) is 5.14. The lowest BCUT2D eigenvalue weighted by molar-refractivity contribution is -0.149. The van der Waals surface area contributed by atoms with E-state index in [0.29, 0.717) is 13.1 Å². The Morgan fingerprint density at radius 3 is 2.90 bits per heavy atom. The molecule has 114 valence electrons. The summed E-state index contributed by atoms with van der Waals surface area (Å²) in [6.45, 7) is 5.28. The third-order valence-corrected chi connectivity index (χ3v) is 4.50. The first kappa shape index (κ1) is 14.1. The molecule has 2 amide bonds. The number of fused-ring (bicyclic) bond motifs is 1. The smallest absolute Gasteiger partial charge is 0.228 e. The number of nitrogens with zero attached hydrogens (tertiary/aromatic N) is 3. The minimum atomic E-state index is -0.737. The van der Waals surface area contributed by atoms with Crippen LogP contribution >= 0.6 is 0 Å². The molecule has 0 bridgehead atoms. The summed E-state index contributed by atoms with van der Waals surface area (Å²) in [6, 6.07) is -0.285. The number of aliphatic hydroxyl groups excluding tert-OH is 1. The van der Waals surface area contributed by atoms with Crippen LogP contribution in [0, 0.1) is 11.8 Å². The molecule has 1 unspecified atom stereocenters. The average molecular weight is 292 g/mol. The van der Waals surface area contributed by atoms with Gasteiger partial charge in [0.05, 0.1) is 30.5 Å². The van der Waals surface area contributed by atoms with Crippen molar-refractivity contribution >= 4 is 11.8 Å². The van der Waals surface area contributed by atoms with E-state index < -0.39 is 12.0 Å². The zero-order chi connectivity index (χ0) is 15.1. The highest BCUT2D eigenvalue weighted by Gasteiger charge is 2.48. The molecule has 2 aliphatic rings. The Balaban J connectivity index is 1.67. The molecule has 0 radical (unpaired) electrons. The summed E-state index contributed by atoms with van der Waals surface area (Å²) in [7, 11) is 0. The van der Waals surface area contributed by atoms with Gasteiger partial charge in [0, 0.05) is 25.5 Å². The van der Waals surface area contributed by atoms with Crippen LogP contribution in [-0.4, -0.2) is 50.1 Å². The summed E-state index contributed by atoms with van der Waals surface area (Å²) < 4.78 is 2.04. The molecule has 7 heteroatoms. The first-order chi connectivity index (χ1) is 9.99. The van der Waals surface area contributed by atoms with Crippen molar-refractivity contribution in [1.29, 1.82) is 0 Å². The van der Waals surface area contributed by atoms with Crippen molar-refractivity contribution in [3.05, 3.63) is 18.2 Å². The summed E-state index contributed by atoms with van der Waals surface area (Å²) in [5.74, 6) is -0.130. The number of carbonyl (C=O) groups is 2. The molecule has 2 N–H and O–H groups in total. The number of aliphatic hydroxyl groups is 1. The number of nitrogens with one attached hydrogen (secondary N) is 1. The van der Waals surface area contributed by atoms with E-state index in [0.717, 1.165) is 12.4 Å². The fraction of sp³-hybridized carbons (Fsp3) is 0.643. The van der Waals surface area contributed by atoms with Gasteiger partial charge >= 0.3 is 0 Å². The van der Waals surface area contributed by atoms with Crippen molar-refractivity contribution in [1.82, 2.24) is 19.8 Å². The van der Waals surface area contributed by atoms with Gasteiger partial charge in [-0.15, -0.1) is 0 Å². The molecule has 1 aromatic rings. The summed E-state index contributed by atoms with van der Waals surface area (Å²) >= 11 is 0. The van der Waals surface area contributed by atoms with Gasteiger partial charge in [-0.2, -0.15) is 0 Å². The number of hydrogen-bond acceptors (Lipinski definition) is 4. The number of aromatic nitrogens is 2. The van der Waals surface area contributed by atoms with Gasteiger partial charge in [0.25, 0.3) is 0 Å². The Morgan fingerprint density at radius 1 is 1.48 bits per heavy atom. The molecule has 0 aliphatic carbocycles. The molecule has 3 heterocycles. The number of carbonyl (C=O) groups excluding carboxylic acids is 2. The van der Waals surface area contributed by atoms with E-state index in [1.165, 1.54) is 0 Å². The highest BCUT2D eigenvalue weighted by atomic mass is 16.3. The minimum Gasteiger partial charge on any atom is -0.393 e. The molecule has 0 saturated carbocycles. The Labute approximate surface area is 122 Å². The molecule has 21 heavy (non-hydrogen) atoms. The quantitative estimate of drug-likeness (QED) is 0.725. The molecule has 7 nitrogen and oxygen atoms in total. The Kier molecular flexibility index (Phi) is 3.44. The SMILES string of the molecule is CC(C(=O)N1CCn2ccnc2C1)[C@H]1NC(=O)[C@@H]1[C@@H](C)O. The molecular weight excluding hydrogens is 272 g/mol. The molecule has 4 atom stereocenters. The van der Waals surface area contributed by atoms with E-state index >= 15 is 0 Å². The normalized spacial score (nSPS) is 27.4. The van der Waals surface area contributed by atoms with Gasteiger partial charge in [0.1, 0.15) is 5.82 Å². The van der Waals surface area contributed by atoms with E-state index in [1.54, 1.807) is 18.0 Å². The van der Waals surface area contributed by atoms with Gasteiger partial charge in [-0.05, 0) is 6.92 Å². The lowest BCUT2D eigenvalue weighted by Gasteiger charge is -2.43. The van der Waals surface area contributed by atoms with Crippen molar-refractivity contribution < 1.29 is 14.7 Å². The highest BCUT2D eigenvalue weighted by molar-refractivity contribution is 5.90. The Bertz CT molecular complexity index is 568. The average Bonchev–Trinajstić information content (AvgIpc) is 2.89. The summed E-state index contributed by atoms with van der Waals surface area (Å²) in [5, 5.41) is 12.4. The second-order valence-electron chi connectivity index (χ2n) is 5.89. The third kappa shape index (κ3) is 2.31. The van der Waals surface area contributed by atoms with E-state index in [1.807, 2.05) is 17.7 Å². The highest BCUT2D eigenvalue weighted by Crippen LogP contribution is 2.27. The van der Waals surface area contributed by atoms with Gasteiger partial charge < -0.3 is 19.9 Å². The molecule has 1 saturated heterocycles. The molecule has 3 rings (SSSR count). The Morgan fingerprint density at radius 2 is 2.24 bits per heavy atom. The number of amides is 2. The van der Waals surface area contributed by atoms with Crippen molar-refractivity contribution in [3.63, 3.8) is 0 Å². The van der Waals surface area contributed by atoms with Gasteiger partial charge in [-0.1, -0.05) is 6.92 Å². The second-order valence-corrected chi connectivity index (χ2v) is 5.89. The van der Waals surface area contributed by atoms with Crippen LogP contribution in [0.25, 0.3) is 0 Å². The fourth-order valence-corrected chi connectivity index (χ4v) is 3.18.